The molecule has 3 aromatic rings. The fraction of sp³-hybridized carbons (Fsp3) is 0.227. The summed E-state index contributed by atoms with van der Waals surface area (Å²) in [5.74, 6) is -1.18. The fourth-order valence-corrected chi connectivity index (χ4v) is 4.04. The van der Waals surface area contributed by atoms with E-state index in [4.69, 9.17) is 4.74 Å². The van der Waals surface area contributed by atoms with Gasteiger partial charge in [-0.1, -0.05) is 0 Å². The number of esters is 1. The van der Waals surface area contributed by atoms with Gasteiger partial charge in [-0.15, -0.1) is 0 Å². The van der Waals surface area contributed by atoms with Crippen LogP contribution in [0.3, 0.4) is 0 Å². The highest BCUT2D eigenvalue weighted by Gasteiger charge is 2.20. The summed E-state index contributed by atoms with van der Waals surface area (Å²) in [5.41, 5.74) is 1.46. The molecule has 1 atom stereocenters. The second kappa shape index (κ2) is 9.75. The minimum atomic E-state index is -3.62. The van der Waals surface area contributed by atoms with Crippen molar-refractivity contribution in [3.05, 3.63) is 72.6 Å². The van der Waals surface area contributed by atoms with Crippen molar-refractivity contribution < 1.29 is 22.7 Å². The van der Waals surface area contributed by atoms with Crippen LogP contribution in [0.15, 0.2) is 71.9 Å². The van der Waals surface area contributed by atoms with Crippen LogP contribution < -0.4 is 10.0 Å². The Morgan fingerprint density at radius 3 is 2.22 bits per heavy atom. The minimum absolute atomic E-state index is 0.0854. The molecule has 2 N–H and O–H groups in total. The number of aromatic nitrogens is 2. The summed E-state index contributed by atoms with van der Waals surface area (Å²) in [6.07, 6.45) is 2.37. The Kier molecular flexibility index (Phi) is 7.06. The zero-order chi connectivity index (χ0) is 23.3. The van der Waals surface area contributed by atoms with E-state index in [0.717, 1.165) is 5.69 Å². The lowest BCUT2D eigenvalue weighted by molar-refractivity contribution is -0.123. The summed E-state index contributed by atoms with van der Waals surface area (Å²) in [4.78, 5) is 24.8. The maximum Gasteiger partial charge on any atom is 0.338 e. The first-order valence-electron chi connectivity index (χ1n) is 9.90. The van der Waals surface area contributed by atoms with Crippen LogP contribution in [0.25, 0.3) is 5.69 Å². The SMILES string of the molecule is CC(C)NS(=O)(=O)c1ccc(NC(=O)C(C)OC(=O)c2ccc(-n3cccn3)cc2)cc1. The average Bonchev–Trinajstić information content (AvgIpc) is 3.28. The van der Waals surface area contributed by atoms with Crippen LogP contribution in [0.1, 0.15) is 31.1 Å². The van der Waals surface area contributed by atoms with Gasteiger partial charge in [-0.05, 0) is 75.4 Å². The zero-order valence-electron chi connectivity index (χ0n) is 17.8. The summed E-state index contributed by atoms with van der Waals surface area (Å²) in [6, 6.07) is 13.9. The van der Waals surface area contributed by atoms with Crippen LogP contribution in [0.5, 0.6) is 0 Å². The van der Waals surface area contributed by atoms with Gasteiger partial charge in [0.15, 0.2) is 6.10 Å². The summed E-state index contributed by atoms with van der Waals surface area (Å²) in [5, 5.41) is 6.72. The molecule has 32 heavy (non-hydrogen) atoms. The predicted octanol–water partition coefficient (Wildman–Crippen LogP) is 2.74. The summed E-state index contributed by atoms with van der Waals surface area (Å²) in [7, 11) is -3.62. The average molecular weight is 457 g/mol. The lowest BCUT2D eigenvalue weighted by atomic mass is 10.2. The van der Waals surface area contributed by atoms with Crippen LogP contribution in [-0.2, 0) is 19.6 Å². The Bertz CT molecular complexity index is 1170. The molecule has 9 nitrogen and oxygen atoms in total. The molecule has 1 heterocycles. The monoisotopic (exact) mass is 456 g/mol. The Balaban J connectivity index is 1.58. The molecule has 0 saturated carbocycles. The number of anilines is 1. The molecule has 0 bridgehead atoms. The van der Waals surface area contributed by atoms with E-state index < -0.39 is 28.0 Å². The van der Waals surface area contributed by atoms with Gasteiger partial charge in [0.05, 0.1) is 16.1 Å². The third-order valence-electron chi connectivity index (χ3n) is 4.35. The first-order valence-corrected chi connectivity index (χ1v) is 11.4. The highest BCUT2D eigenvalue weighted by molar-refractivity contribution is 7.89. The number of amides is 1. The number of benzene rings is 2. The van der Waals surface area contributed by atoms with Gasteiger partial charge in [-0.25, -0.2) is 22.6 Å². The molecule has 3 rings (SSSR count). The Morgan fingerprint density at radius 1 is 1.00 bits per heavy atom. The van der Waals surface area contributed by atoms with Crippen LogP contribution in [0.2, 0.25) is 0 Å². The van der Waals surface area contributed by atoms with Gasteiger partial charge in [-0.2, -0.15) is 5.10 Å². The van der Waals surface area contributed by atoms with E-state index in [0.29, 0.717) is 11.3 Å². The molecule has 2 aromatic carbocycles. The number of sulfonamides is 1. The zero-order valence-corrected chi connectivity index (χ0v) is 18.7. The molecule has 0 radical (unpaired) electrons. The molecule has 0 fully saturated rings. The second-order valence-corrected chi connectivity index (χ2v) is 9.05. The van der Waals surface area contributed by atoms with Gasteiger partial charge in [0.25, 0.3) is 5.91 Å². The van der Waals surface area contributed by atoms with Crippen molar-refractivity contribution >= 4 is 27.6 Å². The lowest BCUT2D eigenvalue weighted by Gasteiger charge is -2.14. The summed E-state index contributed by atoms with van der Waals surface area (Å²) in [6.45, 7) is 4.90. The largest absolute Gasteiger partial charge is 0.449 e. The molecule has 0 spiro atoms. The van der Waals surface area contributed by atoms with Crippen molar-refractivity contribution in [2.24, 2.45) is 0 Å². The van der Waals surface area contributed by atoms with Crippen LogP contribution in [-0.4, -0.2) is 42.2 Å². The minimum Gasteiger partial charge on any atom is -0.449 e. The van der Waals surface area contributed by atoms with Crippen molar-refractivity contribution in [1.29, 1.82) is 0 Å². The number of hydrogen-bond acceptors (Lipinski definition) is 6. The van der Waals surface area contributed by atoms with Crippen LogP contribution in [0, 0.1) is 0 Å². The predicted molar refractivity (Wildman–Crippen MR) is 119 cm³/mol. The molecule has 1 unspecified atom stereocenters. The van der Waals surface area contributed by atoms with Crippen molar-refractivity contribution in [1.82, 2.24) is 14.5 Å². The quantitative estimate of drug-likeness (QED) is 0.503. The molecule has 0 aliphatic heterocycles. The molecule has 0 saturated heterocycles. The van der Waals surface area contributed by atoms with Gasteiger partial charge in [-0.3, -0.25) is 4.79 Å². The number of carbonyl (C=O) groups excluding carboxylic acids is 2. The Morgan fingerprint density at radius 2 is 1.66 bits per heavy atom. The van der Waals surface area contributed by atoms with Crippen molar-refractivity contribution in [3.8, 4) is 5.69 Å². The molecule has 1 amide bonds. The maximum atomic E-state index is 12.4. The van der Waals surface area contributed by atoms with E-state index in [-0.39, 0.29) is 10.9 Å². The summed E-state index contributed by atoms with van der Waals surface area (Å²) < 4.78 is 33.7. The summed E-state index contributed by atoms with van der Waals surface area (Å²) >= 11 is 0. The molecular weight excluding hydrogens is 432 g/mol. The fourth-order valence-electron chi connectivity index (χ4n) is 2.79. The first kappa shape index (κ1) is 23.2. The molecule has 1 aromatic heterocycles. The molecule has 168 valence electrons. The standard InChI is InChI=1S/C22H24N4O5S/c1-15(2)25-32(29,30)20-11-7-18(8-12-20)24-21(27)16(3)31-22(28)17-5-9-19(10-6-17)26-14-4-13-23-26/h4-16,25H,1-3H3,(H,24,27). The van der Waals surface area contributed by atoms with Crippen LogP contribution in [0.4, 0.5) is 5.69 Å². The smallest absolute Gasteiger partial charge is 0.338 e. The number of carbonyl (C=O) groups is 2. The number of nitrogens with zero attached hydrogens (tertiary/aromatic N) is 2. The normalized spacial score (nSPS) is 12.4. The third-order valence-corrected chi connectivity index (χ3v) is 6.02. The van der Waals surface area contributed by atoms with E-state index in [1.807, 2.05) is 0 Å². The van der Waals surface area contributed by atoms with E-state index in [1.165, 1.54) is 31.2 Å². The van der Waals surface area contributed by atoms with Gasteiger partial charge >= 0.3 is 5.97 Å². The second-order valence-electron chi connectivity index (χ2n) is 7.33. The maximum absolute atomic E-state index is 12.4. The molecular formula is C22H24N4O5S. The highest BCUT2D eigenvalue weighted by atomic mass is 32.2. The number of rotatable bonds is 8. The highest BCUT2D eigenvalue weighted by Crippen LogP contribution is 2.16. The van der Waals surface area contributed by atoms with E-state index in [1.54, 1.807) is 61.3 Å². The van der Waals surface area contributed by atoms with E-state index >= 15 is 0 Å². The molecule has 10 heteroatoms. The van der Waals surface area contributed by atoms with Gasteiger partial charge < -0.3 is 10.1 Å². The van der Waals surface area contributed by atoms with Crippen LogP contribution >= 0.6 is 0 Å². The van der Waals surface area contributed by atoms with Gasteiger partial charge in [0, 0.05) is 24.1 Å². The Hall–Kier alpha value is -3.50. The van der Waals surface area contributed by atoms with Crippen molar-refractivity contribution in [2.75, 3.05) is 5.32 Å². The first-order chi connectivity index (χ1) is 15.2. The molecule has 0 aliphatic carbocycles. The topological polar surface area (TPSA) is 119 Å². The van der Waals surface area contributed by atoms with E-state index in [2.05, 4.69) is 15.1 Å². The van der Waals surface area contributed by atoms with Crippen molar-refractivity contribution in [3.63, 3.8) is 0 Å². The Labute approximate surface area is 186 Å². The number of hydrogen-bond donors (Lipinski definition) is 2. The van der Waals surface area contributed by atoms with E-state index in [9.17, 15) is 18.0 Å². The number of nitrogens with one attached hydrogen (secondary N) is 2. The number of ether oxygens (including phenoxy) is 1. The lowest BCUT2D eigenvalue weighted by Crippen LogP contribution is -2.30. The van der Waals surface area contributed by atoms with Gasteiger partial charge in [0.2, 0.25) is 10.0 Å². The van der Waals surface area contributed by atoms with Crippen molar-refractivity contribution in [2.45, 2.75) is 37.8 Å². The molecule has 0 aliphatic rings. The third kappa shape index (κ3) is 5.80. The van der Waals surface area contributed by atoms with Gasteiger partial charge in [0.1, 0.15) is 0 Å².